The van der Waals surface area contributed by atoms with Crippen LogP contribution in [0.4, 0.5) is 0 Å². The molecule has 0 aromatic carbocycles. The fraction of sp³-hybridized carbons (Fsp3) is 1.00. The maximum Gasteiger partial charge on any atom is 1.00 e. The van der Waals surface area contributed by atoms with E-state index in [-0.39, 0.29) is 122 Å². The average molecular weight is 1050 g/mol. The van der Waals surface area contributed by atoms with Gasteiger partial charge in [-0.3, -0.25) is 14.0 Å². The summed E-state index contributed by atoms with van der Waals surface area (Å²) in [6, 6.07) is 0. The summed E-state index contributed by atoms with van der Waals surface area (Å²) in [7, 11) is 26.8. The molecule has 0 radical (unpaired) electrons. The van der Waals surface area contributed by atoms with Crippen molar-refractivity contribution in [2.75, 3.05) is 106 Å². The topological polar surface area (TPSA) is 93.6 Å². The molecule has 0 atom stereocenters. The van der Waals surface area contributed by atoms with E-state index in [9.17, 15) is 0 Å². The molecule has 0 aliphatic carbocycles. The van der Waals surface area contributed by atoms with Crippen molar-refractivity contribution in [1.29, 1.82) is 0 Å². The fourth-order valence-electron chi connectivity index (χ4n) is 4.29. The maximum atomic E-state index is 4.05. The van der Waals surface area contributed by atoms with E-state index in [1.54, 1.807) is 21.1 Å². The SMILES string of the molecule is C.CC(C)I.CC(C)[P+](N(C)C)(N(C)C)N(C)C.CN(C)P(N(C)C)N(C)C.CN=N[P+](N=NC)(N=NC)C(C)C.[H-].[I-].[I-].[K+]. The molecule has 0 aliphatic rings. The zero-order chi connectivity index (χ0) is 33.0. The Bertz CT molecular complexity index is 619. The maximum absolute atomic E-state index is 4.05. The van der Waals surface area contributed by atoms with E-state index in [1.807, 2.05) is 13.8 Å². The Balaban J connectivity index is -0.0000000556. The zero-order valence-electron chi connectivity index (χ0n) is 32.6. The summed E-state index contributed by atoms with van der Waals surface area (Å²) in [6.45, 7) is 12.9. The second-order valence-electron chi connectivity index (χ2n) is 10.7. The third kappa shape index (κ3) is 27.4. The summed E-state index contributed by atoms with van der Waals surface area (Å²) >= 11 is 2.34. The van der Waals surface area contributed by atoms with Crippen molar-refractivity contribution in [3.05, 3.63) is 0 Å². The summed E-state index contributed by atoms with van der Waals surface area (Å²) in [5, 5.41) is 11.2. The number of alkyl halides is 1. The van der Waals surface area contributed by atoms with Crippen LogP contribution < -0.4 is 99.3 Å². The molecule has 0 amide bonds. The molecule has 0 unspecified atom stereocenters. The minimum absolute atomic E-state index is 0. The quantitative estimate of drug-likeness (QED) is 0.0933. The second kappa shape index (κ2) is 36.5. The molecule has 0 aromatic heterocycles. The molecule has 0 rings (SSSR count). The monoisotopic (exact) mass is 1050 g/mol. The molecule has 19 heteroatoms. The molecular weight excluding hydrogens is 981 g/mol. The van der Waals surface area contributed by atoms with Gasteiger partial charge in [0.2, 0.25) is 7.71 Å². The summed E-state index contributed by atoms with van der Waals surface area (Å²) in [5.74, 6) is 0. The van der Waals surface area contributed by atoms with Crippen molar-refractivity contribution < 1.29 is 101 Å². The fourth-order valence-corrected chi connectivity index (χ4v) is 12.9. The van der Waals surface area contributed by atoms with Crippen molar-refractivity contribution in [1.82, 2.24) is 28.0 Å². The Labute approximate surface area is 370 Å². The zero-order valence-corrected chi connectivity index (χ0v) is 43.9. The summed E-state index contributed by atoms with van der Waals surface area (Å²) < 4.78 is 14.6. The molecule has 268 valence electrons. The van der Waals surface area contributed by atoms with Crippen LogP contribution in [0.25, 0.3) is 0 Å². The van der Waals surface area contributed by atoms with Crippen LogP contribution in [0, 0.1) is 0 Å². The van der Waals surface area contributed by atoms with Gasteiger partial charge in [-0.25, -0.2) is 0 Å². The van der Waals surface area contributed by atoms with E-state index in [0.717, 1.165) is 3.92 Å². The summed E-state index contributed by atoms with van der Waals surface area (Å²) in [6.07, 6.45) is 0. The number of halogens is 3. The van der Waals surface area contributed by atoms with Gasteiger partial charge in [0, 0.05) is 60.9 Å². The number of nitrogens with zero attached hydrogens (tertiary/aromatic N) is 12. The molecule has 12 nitrogen and oxygen atoms in total. The first-order valence-electron chi connectivity index (χ1n) is 13.3. The van der Waals surface area contributed by atoms with Gasteiger partial charge in [-0.2, -0.15) is 29.4 Å². The van der Waals surface area contributed by atoms with Gasteiger partial charge < -0.3 is 49.4 Å². The molecule has 0 aromatic rings. The van der Waals surface area contributed by atoms with E-state index >= 15 is 0 Å². The van der Waals surface area contributed by atoms with Gasteiger partial charge in [0.15, 0.2) is 0 Å². The van der Waals surface area contributed by atoms with Crippen LogP contribution in [0.15, 0.2) is 30.0 Å². The largest absolute Gasteiger partial charge is 1.00 e. The molecule has 0 spiro atoms. The van der Waals surface area contributed by atoms with Crippen LogP contribution in [0.2, 0.25) is 0 Å². The predicted molar refractivity (Wildman–Crippen MR) is 202 cm³/mol. The summed E-state index contributed by atoms with van der Waals surface area (Å²) in [5.41, 5.74) is 0.844. The van der Waals surface area contributed by atoms with E-state index in [4.69, 9.17) is 0 Å². The molecular formula is C25H71I3KN12P3. The number of rotatable bonds is 11. The van der Waals surface area contributed by atoms with E-state index in [0.29, 0.717) is 5.66 Å². The van der Waals surface area contributed by atoms with E-state index < -0.39 is 15.4 Å². The standard InChI is InChI=1S/C9H25N3P.C6H16N6P.C6H18N3P.C3H7I.CH4.2HI.K.H/c1-9(2)13(10(3)4,11(5)6)12(7)8;1-6(2)13(10-7-3,11-8-4)12-9-5;1-7(2)10(8(3)4)9(5)6;1-3(2)4;;;;;/h9H,1-8H3;6H,1-5H3;1-6H3;3H,1-2H3;1H4;2*1H;;/q2*+1;;;;;;+1;-1/p-2. The van der Waals surface area contributed by atoms with Crippen molar-refractivity contribution in [3.8, 4) is 0 Å². The van der Waals surface area contributed by atoms with Crippen LogP contribution in [-0.4, -0.2) is 149 Å². The first-order chi connectivity index (χ1) is 18.1. The number of hydrogen-bond donors (Lipinski definition) is 0. The van der Waals surface area contributed by atoms with Crippen LogP contribution in [0.3, 0.4) is 0 Å². The van der Waals surface area contributed by atoms with Gasteiger partial charge in [0.05, 0.1) is 21.1 Å². The van der Waals surface area contributed by atoms with Crippen molar-refractivity contribution in [2.45, 2.75) is 64.2 Å². The smallest absolute Gasteiger partial charge is 1.00 e. The first kappa shape index (κ1) is 66.0. The van der Waals surface area contributed by atoms with Gasteiger partial charge in [0.25, 0.3) is 0 Å². The first-order valence-corrected chi connectivity index (χ1v) is 19.2. The minimum Gasteiger partial charge on any atom is -1.00 e. The van der Waals surface area contributed by atoms with Crippen LogP contribution in [0.5, 0.6) is 0 Å². The Kier molecular flexibility index (Phi) is 54.7. The van der Waals surface area contributed by atoms with Gasteiger partial charge in [-0.15, -0.1) is 0 Å². The molecule has 0 aliphatic heterocycles. The van der Waals surface area contributed by atoms with Crippen LogP contribution in [0.1, 0.15) is 50.4 Å². The molecule has 0 heterocycles. The normalized spacial score (nSPS) is 13.1. The summed E-state index contributed by atoms with van der Waals surface area (Å²) in [4.78, 5) is 12.1. The Morgan fingerprint density at radius 2 is 0.750 bits per heavy atom. The van der Waals surface area contributed by atoms with Crippen LogP contribution >= 0.6 is 46.4 Å². The minimum atomic E-state index is -2.19. The second-order valence-corrected chi connectivity index (χ2v) is 23.5. The van der Waals surface area contributed by atoms with Crippen molar-refractivity contribution >= 4 is 46.4 Å². The predicted octanol–water partition coefficient (Wildman–Crippen LogP) is -0.266. The van der Waals surface area contributed by atoms with Crippen LogP contribution in [-0.2, 0) is 0 Å². The average Bonchev–Trinajstić information content (AvgIpc) is 2.72. The Hall–Kier alpha value is 3.68. The van der Waals surface area contributed by atoms with Gasteiger partial charge >= 0.3 is 59.1 Å². The van der Waals surface area contributed by atoms with Gasteiger partial charge in [0.1, 0.15) is 19.7 Å². The van der Waals surface area contributed by atoms with Gasteiger partial charge in [-0.1, -0.05) is 43.9 Å². The molecule has 44 heavy (non-hydrogen) atoms. The number of hydrogen-bond acceptors (Lipinski definition) is 12. The van der Waals surface area contributed by atoms with E-state index in [2.05, 4.69) is 193 Å². The van der Waals surface area contributed by atoms with Crippen molar-refractivity contribution in [2.24, 2.45) is 30.0 Å². The molecule has 0 saturated heterocycles. The van der Waals surface area contributed by atoms with Gasteiger partial charge in [-0.05, 0) is 70.0 Å². The van der Waals surface area contributed by atoms with E-state index in [1.165, 1.54) is 0 Å². The molecule has 0 fully saturated rings. The molecule has 0 saturated carbocycles. The Morgan fingerprint density at radius 1 is 0.545 bits per heavy atom. The Morgan fingerprint density at radius 3 is 0.795 bits per heavy atom. The van der Waals surface area contributed by atoms with Crippen molar-refractivity contribution in [3.63, 3.8) is 0 Å². The molecule has 0 N–H and O–H groups in total. The third-order valence-electron chi connectivity index (χ3n) is 4.89. The third-order valence-corrected chi connectivity index (χ3v) is 14.7. The molecule has 0 bridgehead atoms.